The Morgan fingerprint density at radius 3 is 2.61 bits per heavy atom. The smallest absolute Gasteiger partial charge is 0.281 e. The van der Waals surface area contributed by atoms with Gasteiger partial charge in [-0.3, -0.25) is 15.2 Å². The van der Waals surface area contributed by atoms with Gasteiger partial charge in [0, 0.05) is 30.5 Å². The summed E-state index contributed by atoms with van der Waals surface area (Å²) < 4.78 is 5.33. The first-order chi connectivity index (χ1) is 15.0. The van der Waals surface area contributed by atoms with Gasteiger partial charge in [0.25, 0.3) is 5.91 Å². The number of hydrazine groups is 1. The van der Waals surface area contributed by atoms with Gasteiger partial charge < -0.3 is 4.74 Å². The van der Waals surface area contributed by atoms with Crippen molar-refractivity contribution in [2.45, 2.75) is 44.6 Å². The molecule has 1 fully saturated rings. The number of anilines is 1. The molecule has 1 aromatic rings. The monoisotopic (exact) mass is 462 g/mol. The van der Waals surface area contributed by atoms with Gasteiger partial charge in [0.1, 0.15) is 11.5 Å². The number of hydrogen-bond acceptors (Lipinski definition) is 5. The highest BCUT2D eigenvalue weighted by Gasteiger charge is 2.37. The van der Waals surface area contributed by atoms with E-state index in [0.29, 0.717) is 22.2 Å². The molecule has 1 aromatic carbocycles. The summed E-state index contributed by atoms with van der Waals surface area (Å²) in [5, 5.41) is 9.73. The maximum absolute atomic E-state index is 13.1. The molecule has 166 valence electrons. The molecule has 3 aliphatic rings. The van der Waals surface area contributed by atoms with Crippen LogP contribution >= 0.6 is 23.2 Å². The van der Waals surface area contributed by atoms with Crippen molar-refractivity contribution < 1.29 is 9.53 Å². The first kappa shape index (κ1) is 22.2. The molecule has 2 unspecified atom stereocenters. The molecule has 2 aliphatic heterocycles. The van der Waals surface area contributed by atoms with E-state index in [2.05, 4.69) is 17.6 Å². The zero-order valence-electron chi connectivity index (χ0n) is 17.7. The normalized spacial score (nSPS) is 24.4. The fraction of sp³-hybridized carbons (Fsp3) is 0.478. The third-order valence-corrected chi connectivity index (χ3v) is 6.60. The fourth-order valence-electron chi connectivity index (χ4n) is 4.34. The number of benzene rings is 1. The summed E-state index contributed by atoms with van der Waals surface area (Å²) in [4.78, 5) is 13.1. The number of carbonyl (C=O) groups excluding carboxylic acids is 1. The quantitative estimate of drug-likeness (QED) is 0.672. The van der Waals surface area contributed by atoms with E-state index in [1.165, 1.54) is 12.8 Å². The topological polar surface area (TPSA) is 57.2 Å². The molecule has 0 saturated carbocycles. The second kappa shape index (κ2) is 10.1. The minimum absolute atomic E-state index is 0.0190. The Labute approximate surface area is 193 Å². The maximum atomic E-state index is 13.1. The molecule has 6 nitrogen and oxygen atoms in total. The van der Waals surface area contributed by atoms with Crippen molar-refractivity contribution in [3.05, 3.63) is 52.2 Å². The van der Waals surface area contributed by atoms with Gasteiger partial charge in [-0.2, -0.15) is 5.10 Å². The lowest BCUT2D eigenvalue weighted by Gasteiger charge is -2.30. The van der Waals surface area contributed by atoms with Gasteiger partial charge in [-0.05, 0) is 49.6 Å². The molecule has 31 heavy (non-hydrogen) atoms. The first-order valence-electron chi connectivity index (χ1n) is 10.8. The SMILES string of the molecule is COC1=CCC(C2CC(C(=O)NN3CCCCCC3)=NN2c2ccc(Cl)cc2Cl)C=C1. The average Bonchev–Trinajstić information content (AvgIpc) is 3.05. The lowest BCUT2D eigenvalue weighted by Crippen LogP contribution is -2.45. The third kappa shape index (κ3) is 5.25. The average molecular weight is 463 g/mol. The fourth-order valence-corrected chi connectivity index (χ4v) is 4.84. The number of nitrogens with one attached hydrogen (secondary N) is 1. The van der Waals surface area contributed by atoms with Crippen LogP contribution in [-0.4, -0.2) is 42.9 Å². The molecular formula is C23H28Cl2N4O2. The van der Waals surface area contributed by atoms with Crippen LogP contribution in [0.1, 0.15) is 38.5 Å². The van der Waals surface area contributed by atoms with Crippen molar-refractivity contribution in [1.29, 1.82) is 0 Å². The lowest BCUT2D eigenvalue weighted by atomic mass is 9.89. The lowest BCUT2D eigenvalue weighted by molar-refractivity contribution is -0.119. The summed E-state index contributed by atoms with van der Waals surface area (Å²) in [5.74, 6) is 0.899. The molecular weight excluding hydrogens is 435 g/mol. The van der Waals surface area contributed by atoms with E-state index in [0.717, 1.165) is 43.8 Å². The predicted molar refractivity (Wildman–Crippen MR) is 125 cm³/mol. The minimum atomic E-state index is -0.132. The van der Waals surface area contributed by atoms with Crippen molar-refractivity contribution in [2.75, 3.05) is 25.2 Å². The summed E-state index contributed by atoms with van der Waals surface area (Å²) in [6.45, 7) is 1.76. The Morgan fingerprint density at radius 2 is 1.97 bits per heavy atom. The van der Waals surface area contributed by atoms with Crippen molar-refractivity contribution in [3.8, 4) is 0 Å². The maximum Gasteiger partial charge on any atom is 0.281 e. The van der Waals surface area contributed by atoms with Gasteiger partial charge in [-0.15, -0.1) is 0 Å². The molecule has 8 heteroatoms. The van der Waals surface area contributed by atoms with E-state index >= 15 is 0 Å². The molecule has 1 aliphatic carbocycles. The van der Waals surface area contributed by atoms with Crippen molar-refractivity contribution in [2.24, 2.45) is 11.0 Å². The standard InChI is InChI=1S/C23H28Cl2N4O2/c1-31-18-9-6-16(7-10-18)22-15-20(23(30)27-28-12-4-2-3-5-13-28)26-29(22)21-11-8-17(24)14-19(21)25/h6,8-11,14,16,22H,2-5,7,12-13,15H2,1H3,(H,27,30). The second-order valence-electron chi connectivity index (χ2n) is 8.17. The van der Waals surface area contributed by atoms with E-state index in [1.54, 1.807) is 19.2 Å². The molecule has 1 N–H and O–H groups in total. The largest absolute Gasteiger partial charge is 0.497 e. The molecule has 1 saturated heterocycles. The summed E-state index contributed by atoms with van der Waals surface area (Å²) >= 11 is 12.6. The van der Waals surface area contributed by atoms with E-state index < -0.39 is 0 Å². The molecule has 1 amide bonds. The molecule has 0 aromatic heterocycles. The number of allylic oxidation sites excluding steroid dienone is 2. The van der Waals surface area contributed by atoms with Gasteiger partial charge in [0.05, 0.1) is 23.9 Å². The van der Waals surface area contributed by atoms with E-state index in [9.17, 15) is 4.79 Å². The number of nitrogens with zero attached hydrogens (tertiary/aromatic N) is 3. The van der Waals surface area contributed by atoms with Crippen LogP contribution in [0.5, 0.6) is 0 Å². The van der Waals surface area contributed by atoms with E-state index in [1.807, 2.05) is 22.2 Å². The van der Waals surface area contributed by atoms with E-state index in [4.69, 9.17) is 33.0 Å². The molecule has 0 bridgehead atoms. The summed E-state index contributed by atoms with van der Waals surface area (Å²) in [7, 11) is 1.67. The second-order valence-corrected chi connectivity index (χ2v) is 9.01. The number of amides is 1. The van der Waals surface area contributed by atoms with Crippen LogP contribution in [0.2, 0.25) is 10.0 Å². The molecule has 0 radical (unpaired) electrons. The predicted octanol–water partition coefficient (Wildman–Crippen LogP) is 4.94. The van der Waals surface area contributed by atoms with Crippen LogP contribution in [0.4, 0.5) is 5.69 Å². The highest BCUT2D eigenvalue weighted by molar-refractivity contribution is 6.40. The van der Waals surface area contributed by atoms with Crippen LogP contribution in [0, 0.1) is 5.92 Å². The number of carbonyl (C=O) groups is 1. The number of hydrazone groups is 1. The van der Waals surface area contributed by atoms with Crippen molar-refractivity contribution in [3.63, 3.8) is 0 Å². The highest BCUT2D eigenvalue weighted by Crippen LogP contribution is 2.37. The number of methoxy groups -OCH3 is 1. The Morgan fingerprint density at radius 1 is 1.19 bits per heavy atom. The highest BCUT2D eigenvalue weighted by atomic mass is 35.5. The van der Waals surface area contributed by atoms with Crippen molar-refractivity contribution in [1.82, 2.24) is 10.4 Å². The summed E-state index contributed by atoms with van der Waals surface area (Å²) in [6, 6.07) is 5.35. The van der Waals surface area contributed by atoms with Crippen LogP contribution < -0.4 is 10.4 Å². The Bertz CT molecular complexity index is 907. The Kier molecular flexibility index (Phi) is 7.20. The van der Waals surface area contributed by atoms with Crippen LogP contribution in [-0.2, 0) is 9.53 Å². The van der Waals surface area contributed by atoms with Gasteiger partial charge in [0.15, 0.2) is 0 Å². The Hall–Kier alpha value is -2.02. The van der Waals surface area contributed by atoms with Crippen molar-refractivity contribution >= 4 is 40.5 Å². The van der Waals surface area contributed by atoms with Crippen LogP contribution in [0.15, 0.2) is 47.3 Å². The van der Waals surface area contributed by atoms with Gasteiger partial charge in [0.2, 0.25) is 0 Å². The van der Waals surface area contributed by atoms with Gasteiger partial charge in [-0.25, -0.2) is 5.01 Å². The molecule has 4 rings (SSSR count). The number of rotatable bonds is 5. The number of halogens is 2. The summed E-state index contributed by atoms with van der Waals surface area (Å²) in [6.07, 6.45) is 12.2. The van der Waals surface area contributed by atoms with E-state index in [-0.39, 0.29) is 17.9 Å². The third-order valence-electron chi connectivity index (χ3n) is 6.06. The number of hydrogen-bond donors (Lipinski definition) is 1. The minimum Gasteiger partial charge on any atom is -0.497 e. The zero-order valence-corrected chi connectivity index (χ0v) is 19.2. The Balaban J connectivity index is 1.56. The molecule has 0 spiro atoms. The summed E-state index contributed by atoms with van der Waals surface area (Å²) in [5.41, 5.74) is 4.35. The van der Waals surface area contributed by atoms with Gasteiger partial charge in [-0.1, -0.05) is 42.1 Å². The zero-order chi connectivity index (χ0) is 21.8. The van der Waals surface area contributed by atoms with Crippen LogP contribution in [0.25, 0.3) is 0 Å². The molecule has 2 atom stereocenters. The first-order valence-corrected chi connectivity index (χ1v) is 11.6. The number of ether oxygens (including phenoxy) is 1. The van der Waals surface area contributed by atoms with Gasteiger partial charge >= 0.3 is 0 Å². The molecule has 2 heterocycles. The van der Waals surface area contributed by atoms with Crippen LogP contribution in [0.3, 0.4) is 0 Å².